The second-order valence-electron chi connectivity index (χ2n) is 5.37. The van der Waals surface area contributed by atoms with E-state index in [1.54, 1.807) is 36.3 Å². The summed E-state index contributed by atoms with van der Waals surface area (Å²) in [5.41, 5.74) is 0.246. The molecule has 2 heterocycles. The first-order valence-corrected chi connectivity index (χ1v) is 8.10. The summed E-state index contributed by atoms with van der Waals surface area (Å²) in [7, 11) is 0. The molecule has 0 saturated carbocycles. The number of hydrogen-bond donors (Lipinski definition) is 3. The van der Waals surface area contributed by atoms with Crippen molar-refractivity contribution in [2.45, 2.75) is 18.1 Å². The van der Waals surface area contributed by atoms with Crippen molar-refractivity contribution in [1.82, 2.24) is 15.3 Å². The van der Waals surface area contributed by atoms with Crippen LogP contribution in [0, 0.1) is 5.82 Å². The van der Waals surface area contributed by atoms with Gasteiger partial charge in [0.25, 0.3) is 0 Å². The average Bonchev–Trinajstić information content (AvgIpc) is 3.13. The van der Waals surface area contributed by atoms with Gasteiger partial charge in [-0.2, -0.15) is 11.8 Å². The fourth-order valence-electron chi connectivity index (χ4n) is 2.49. The third-order valence-electron chi connectivity index (χ3n) is 3.71. The standard InChI is InChI=1S/C15H18FN3OS/c16-12-3-1-11(2-4-12)13(14-17-6-7-18-14)19-9-15(20)5-8-21-10-15/h1-4,6-7,13,19-20H,5,8-10H2,(H,17,18)/t13-,15-/m0/s1. The summed E-state index contributed by atoms with van der Waals surface area (Å²) in [5, 5.41) is 13.8. The van der Waals surface area contributed by atoms with Crippen LogP contribution in [-0.4, -0.2) is 38.7 Å². The highest BCUT2D eigenvalue weighted by Crippen LogP contribution is 2.28. The molecule has 1 aromatic carbocycles. The first-order chi connectivity index (χ1) is 10.2. The van der Waals surface area contributed by atoms with Crippen LogP contribution in [0.5, 0.6) is 0 Å². The molecule has 21 heavy (non-hydrogen) atoms. The number of aromatic amines is 1. The maximum absolute atomic E-state index is 13.1. The Labute approximate surface area is 127 Å². The van der Waals surface area contributed by atoms with E-state index in [0.29, 0.717) is 6.54 Å². The summed E-state index contributed by atoms with van der Waals surface area (Å²) in [5.74, 6) is 2.23. The van der Waals surface area contributed by atoms with E-state index in [0.717, 1.165) is 29.3 Å². The van der Waals surface area contributed by atoms with Gasteiger partial charge in [-0.25, -0.2) is 9.37 Å². The highest BCUT2D eigenvalue weighted by atomic mass is 32.2. The summed E-state index contributed by atoms with van der Waals surface area (Å²) >= 11 is 1.76. The first kappa shape index (κ1) is 14.6. The Morgan fingerprint density at radius 2 is 2.24 bits per heavy atom. The van der Waals surface area contributed by atoms with Gasteiger partial charge in [0.1, 0.15) is 11.6 Å². The molecular formula is C15H18FN3OS. The van der Waals surface area contributed by atoms with E-state index >= 15 is 0 Å². The molecule has 1 saturated heterocycles. The van der Waals surface area contributed by atoms with Crippen molar-refractivity contribution in [2.24, 2.45) is 0 Å². The molecule has 2 atom stereocenters. The van der Waals surface area contributed by atoms with Gasteiger partial charge < -0.3 is 15.4 Å². The smallest absolute Gasteiger partial charge is 0.127 e. The van der Waals surface area contributed by atoms with Gasteiger partial charge in [-0.3, -0.25) is 0 Å². The van der Waals surface area contributed by atoms with Gasteiger partial charge >= 0.3 is 0 Å². The van der Waals surface area contributed by atoms with Gasteiger partial charge in [-0.15, -0.1) is 0 Å². The normalized spacial score (nSPS) is 23.3. The molecule has 1 fully saturated rings. The lowest BCUT2D eigenvalue weighted by atomic mass is 10.0. The number of imidazole rings is 1. The highest BCUT2D eigenvalue weighted by molar-refractivity contribution is 7.99. The molecule has 1 aliphatic rings. The third-order valence-corrected chi connectivity index (χ3v) is 4.95. The fourth-order valence-corrected chi connectivity index (χ4v) is 3.79. The molecule has 3 N–H and O–H groups in total. The molecule has 1 aromatic heterocycles. The van der Waals surface area contributed by atoms with Gasteiger partial charge in [-0.05, 0) is 29.9 Å². The highest BCUT2D eigenvalue weighted by Gasteiger charge is 2.32. The van der Waals surface area contributed by atoms with Crippen molar-refractivity contribution in [3.63, 3.8) is 0 Å². The Morgan fingerprint density at radius 1 is 1.43 bits per heavy atom. The fraction of sp³-hybridized carbons (Fsp3) is 0.400. The average molecular weight is 307 g/mol. The molecule has 4 nitrogen and oxygen atoms in total. The molecule has 2 aromatic rings. The molecular weight excluding hydrogens is 289 g/mol. The monoisotopic (exact) mass is 307 g/mol. The number of aliphatic hydroxyl groups is 1. The zero-order valence-corrected chi connectivity index (χ0v) is 12.4. The molecule has 0 aliphatic carbocycles. The molecule has 0 bridgehead atoms. The number of nitrogens with one attached hydrogen (secondary N) is 2. The minimum Gasteiger partial charge on any atom is -0.388 e. The van der Waals surface area contributed by atoms with Crippen molar-refractivity contribution in [3.05, 3.63) is 53.9 Å². The Morgan fingerprint density at radius 3 is 2.86 bits per heavy atom. The summed E-state index contributed by atoms with van der Waals surface area (Å²) in [6, 6.07) is 6.17. The second-order valence-corrected chi connectivity index (χ2v) is 6.47. The van der Waals surface area contributed by atoms with Crippen LogP contribution >= 0.6 is 11.8 Å². The van der Waals surface area contributed by atoms with Crippen molar-refractivity contribution >= 4 is 11.8 Å². The van der Waals surface area contributed by atoms with E-state index in [1.807, 2.05) is 0 Å². The number of H-pyrrole nitrogens is 1. The second kappa shape index (κ2) is 6.17. The zero-order chi connectivity index (χ0) is 14.7. The SMILES string of the molecule is O[C@]1(CN[C@@H](c2ccc(F)cc2)c2ncc[nH]2)CCSC1. The van der Waals surface area contributed by atoms with E-state index in [-0.39, 0.29) is 11.9 Å². The van der Waals surface area contributed by atoms with Crippen molar-refractivity contribution < 1.29 is 9.50 Å². The summed E-state index contributed by atoms with van der Waals surface area (Å²) < 4.78 is 13.1. The van der Waals surface area contributed by atoms with Gasteiger partial charge in [-0.1, -0.05) is 12.1 Å². The quantitative estimate of drug-likeness (QED) is 0.792. The van der Waals surface area contributed by atoms with E-state index in [9.17, 15) is 9.50 Å². The largest absolute Gasteiger partial charge is 0.388 e. The Kier molecular flexibility index (Phi) is 4.28. The minimum absolute atomic E-state index is 0.185. The van der Waals surface area contributed by atoms with Crippen molar-refractivity contribution in [2.75, 3.05) is 18.1 Å². The van der Waals surface area contributed by atoms with Crippen molar-refractivity contribution in [1.29, 1.82) is 0 Å². The number of rotatable bonds is 5. The van der Waals surface area contributed by atoms with Crippen LogP contribution in [0.15, 0.2) is 36.7 Å². The lowest BCUT2D eigenvalue weighted by Gasteiger charge is -2.25. The lowest BCUT2D eigenvalue weighted by Crippen LogP contribution is -2.42. The molecule has 0 radical (unpaired) electrons. The number of halogens is 1. The van der Waals surface area contributed by atoms with Crippen LogP contribution in [0.25, 0.3) is 0 Å². The molecule has 0 spiro atoms. The number of hydrogen-bond acceptors (Lipinski definition) is 4. The number of aromatic nitrogens is 2. The number of nitrogens with zero attached hydrogens (tertiary/aromatic N) is 1. The third kappa shape index (κ3) is 3.45. The predicted molar refractivity (Wildman–Crippen MR) is 81.7 cm³/mol. The van der Waals surface area contributed by atoms with Gasteiger partial charge in [0, 0.05) is 24.7 Å². The van der Waals surface area contributed by atoms with Crippen LogP contribution in [0.3, 0.4) is 0 Å². The van der Waals surface area contributed by atoms with E-state index in [1.165, 1.54) is 12.1 Å². The predicted octanol–water partition coefficient (Wildman–Crippen LogP) is 2.10. The molecule has 6 heteroatoms. The lowest BCUT2D eigenvalue weighted by molar-refractivity contribution is 0.0656. The van der Waals surface area contributed by atoms with Crippen molar-refractivity contribution in [3.8, 4) is 0 Å². The van der Waals surface area contributed by atoms with Gasteiger partial charge in [0.2, 0.25) is 0 Å². The summed E-state index contributed by atoms with van der Waals surface area (Å²) in [6.45, 7) is 0.489. The Hall–Kier alpha value is -1.37. The Balaban J connectivity index is 1.78. The van der Waals surface area contributed by atoms with Crippen LogP contribution in [0.1, 0.15) is 23.9 Å². The van der Waals surface area contributed by atoms with E-state index < -0.39 is 5.60 Å². The molecule has 0 unspecified atom stereocenters. The van der Waals surface area contributed by atoms with Crippen LogP contribution < -0.4 is 5.32 Å². The minimum atomic E-state index is -0.671. The molecule has 112 valence electrons. The van der Waals surface area contributed by atoms with Crippen LogP contribution in [0.2, 0.25) is 0 Å². The summed E-state index contributed by atoms with van der Waals surface area (Å²) in [6.07, 6.45) is 4.24. The maximum atomic E-state index is 13.1. The Bertz CT molecular complexity index is 567. The zero-order valence-electron chi connectivity index (χ0n) is 11.6. The molecule has 1 aliphatic heterocycles. The number of benzene rings is 1. The maximum Gasteiger partial charge on any atom is 0.127 e. The number of thioether (sulfide) groups is 1. The van der Waals surface area contributed by atoms with Crippen LogP contribution in [-0.2, 0) is 0 Å². The molecule has 3 rings (SSSR count). The van der Waals surface area contributed by atoms with Gasteiger partial charge in [0.15, 0.2) is 0 Å². The topological polar surface area (TPSA) is 60.9 Å². The van der Waals surface area contributed by atoms with Crippen LogP contribution in [0.4, 0.5) is 4.39 Å². The first-order valence-electron chi connectivity index (χ1n) is 6.95. The van der Waals surface area contributed by atoms with Gasteiger partial charge in [0.05, 0.1) is 11.6 Å². The summed E-state index contributed by atoms with van der Waals surface area (Å²) in [4.78, 5) is 7.37. The van der Waals surface area contributed by atoms with E-state index in [2.05, 4.69) is 15.3 Å². The van der Waals surface area contributed by atoms with E-state index in [4.69, 9.17) is 0 Å². The molecule has 0 amide bonds.